The van der Waals surface area contributed by atoms with E-state index in [-0.39, 0.29) is 11.9 Å². The molecule has 4 rings (SSSR count). The zero-order chi connectivity index (χ0) is 22.8. The minimum Gasteiger partial charge on any atom is -0.493 e. The van der Waals surface area contributed by atoms with Crippen molar-refractivity contribution >= 4 is 34.1 Å². The van der Waals surface area contributed by atoms with Gasteiger partial charge in [-0.2, -0.15) is 0 Å². The Morgan fingerprint density at radius 2 is 2.03 bits per heavy atom. The predicted octanol–water partition coefficient (Wildman–Crippen LogP) is 7.26. The summed E-state index contributed by atoms with van der Waals surface area (Å²) in [7, 11) is 0. The first-order chi connectivity index (χ1) is 15.4. The number of amides is 1. The number of ether oxygens (including phenoxy) is 1. The average molecular weight is 452 g/mol. The van der Waals surface area contributed by atoms with Crippen LogP contribution in [0.2, 0.25) is 5.02 Å². The smallest absolute Gasteiger partial charge is 0.247 e. The van der Waals surface area contributed by atoms with Crippen molar-refractivity contribution in [1.29, 1.82) is 0 Å². The fraction of sp³-hybridized carbons (Fsp3) is 0.370. The van der Waals surface area contributed by atoms with E-state index < -0.39 is 0 Å². The molecule has 168 valence electrons. The molecule has 1 unspecified atom stereocenters. The number of nitrogens with zero attached hydrogens (tertiary/aromatic N) is 1. The molecule has 2 heterocycles. The van der Waals surface area contributed by atoms with Gasteiger partial charge in [0, 0.05) is 45.8 Å². The summed E-state index contributed by atoms with van der Waals surface area (Å²) in [6.45, 7) is 9.45. The van der Waals surface area contributed by atoms with E-state index in [9.17, 15) is 4.79 Å². The number of carbonyl (C=O) groups is 1. The number of aryl methyl sites for hydroxylation is 1. The van der Waals surface area contributed by atoms with Gasteiger partial charge >= 0.3 is 0 Å². The second-order valence-electron chi connectivity index (χ2n) is 8.55. The summed E-state index contributed by atoms with van der Waals surface area (Å²) < 4.78 is 12.0. The monoisotopic (exact) mass is 451 g/mol. The van der Waals surface area contributed by atoms with Gasteiger partial charge in [0.2, 0.25) is 5.91 Å². The number of furan rings is 1. The van der Waals surface area contributed by atoms with Gasteiger partial charge in [-0.3, -0.25) is 4.79 Å². The summed E-state index contributed by atoms with van der Waals surface area (Å²) in [6, 6.07) is 10.1. The third-order valence-corrected chi connectivity index (χ3v) is 6.59. The molecule has 32 heavy (non-hydrogen) atoms. The molecule has 1 aliphatic rings. The quantitative estimate of drug-likeness (QED) is 0.383. The van der Waals surface area contributed by atoms with Crippen LogP contribution >= 0.6 is 11.6 Å². The molecule has 1 amide bonds. The Morgan fingerprint density at radius 3 is 2.72 bits per heavy atom. The molecular weight excluding hydrogens is 422 g/mol. The second kappa shape index (κ2) is 9.41. The van der Waals surface area contributed by atoms with Crippen LogP contribution in [0.15, 0.2) is 47.1 Å². The zero-order valence-electron chi connectivity index (χ0n) is 19.2. The molecule has 0 radical (unpaired) electrons. The van der Waals surface area contributed by atoms with Crippen LogP contribution in [-0.2, 0) is 4.79 Å². The summed E-state index contributed by atoms with van der Waals surface area (Å²) in [6.07, 6.45) is 6.85. The predicted molar refractivity (Wildman–Crippen MR) is 131 cm³/mol. The standard InChI is InChI=1S/C27H30ClNO3/c1-5-31-26-19(4)27-23(24(16-32-27)20-9-11-21(28)12-10-20)15-22(26)17(2)14-25(30)29-13-7-6-8-18(29)3/h9-12,14-16,18H,5-8,13H2,1-4H3/b17-14+. The van der Waals surface area contributed by atoms with Crippen LogP contribution in [0.4, 0.5) is 0 Å². The maximum atomic E-state index is 13.1. The number of hydrogen-bond acceptors (Lipinski definition) is 3. The number of hydrogen-bond donors (Lipinski definition) is 0. The lowest BCUT2D eigenvalue weighted by Gasteiger charge is -2.32. The number of piperidine rings is 1. The van der Waals surface area contributed by atoms with Crippen LogP contribution in [0.5, 0.6) is 5.75 Å². The van der Waals surface area contributed by atoms with Crippen LogP contribution in [0.3, 0.4) is 0 Å². The SMILES string of the molecule is CCOc1c(/C(C)=C/C(=O)N2CCCCC2C)cc2c(-c3ccc(Cl)cc3)coc2c1C. The Bertz CT molecular complexity index is 1160. The van der Waals surface area contributed by atoms with Crippen LogP contribution < -0.4 is 4.74 Å². The van der Waals surface area contributed by atoms with Gasteiger partial charge in [0.1, 0.15) is 11.3 Å². The molecule has 0 N–H and O–H groups in total. The molecule has 2 aromatic carbocycles. The minimum atomic E-state index is 0.0695. The molecule has 5 heteroatoms. The first-order valence-corrected chi connectivity index (χ1v) is 11.7. The van der Waals surface area contributed by atoms with Crippen LogP contribution in [0.25, 0.3) is 27.7 Å². The third kappa shape index (κ3) is 4.29. The van der Waals surface area contributed by atoms with E-state index >= 15 is 0 Å². The highest BCUT2D eigenvalue weighted by Gasteiger charge is 2.23. The van der Waals surface area contributed by atoms with Gasteiger partial charge < -0.3 is 14.1 Å². The molecule has 1 fully saturated rings. The number of halogens is 1. The van der Waals surface area contributed by atoms with Crippen molar-refractivity contribution in [3.8, 4) is 16.9 Å². The van der Waals surface area contributed by atoms with Gasteiger partial charge in [-0.05, 0) is 76.3 Å². The van der Waals surface area contributed by atoms with Gasteiger partial charge in [-0.15, -0.1) is 0 Å². The van der Waals surface area contributed by atoms with E-state index in [1.807, 2.05) is 49.9 Å². The molecule has 0 aliphatic carbocycles. The van der Waals surface area contributed by atoms with Crippen LogP contribution in [-0.4, -0.2) is 30.0 Å². The van der Waals surface area contributed by atoms with E-state index in [2.05, 4.69) is 13.0 Å². The molecule has 0 saturated carbocycles. The van der Waals surface area contributed by atoms with Gasteiger partial charge in [0.15, 0.2) is 0 Å². The van der Waals surface area contributed by atoms with Gasteiger partial charge in [0.25, 0.3) is 0 Å². The minimum absolute atomic E-state index is 0.0695. The average Bonchev–Trinajstić information content (AvgIpc) is 3.20. The summed E-state index contributed by atoms with van der Waals surface area (Å²) in [4.78, 5) is 15.0. The maximum Gasteiger partial charge on any atom is 0.247 e. The Hall–Kier alpha value is -2.72. The second-order valence-corrected chi connectivity index (χ2v) is 8.98. The van der Waals surface area contributed by atoms with Gasteiger partial charge in [0.05, 0.1) is 12.9 Å². The fourth-order valence-electron chi connectivity index (χ4n) is 4.56. The van der Waals surface area contributed by atoms with E-state index in [0.29, 0.717) is 11.6 Å². The Morgan fingerprint density at radius 1 is 1.28 bits per heavy atom. The van der Waals surface area contributed by atoms with Crippen molar-refractivity contribution in [2.45, 2.75) is 53.0 Å². The van der Waals surface area contributed by atoms with Crippen molar-refractivity contribution in [2.75, 3.05) is 13.2 Å². The molecule has 1 aliphatic heterocycles. The number of likely N-dealkylation sites (tertiary alicyclic amines) is 1. The Labute approximate surface area is 194 Å². The van der Waals surface area contributed by atoms with Crippen molar-refractivity contribution in [3.63, 3.8) is 0 Å². The highest BCUT2D eigenvalue weighted by Crippen LogP contribution is 2.41. The van der Waals surface area contributed by atoms with Crippen molar-refractivity contribution in [2.24, 2.45) is 0 Å². The zero-order valence-corrected chi connectivity index (χ0v) is 20.0. The van der Waals surface area contributed by atoms with Crippen LogP contribution in [0.1, 0.15) is 51.2 Å². The van der Waals surface area contributed by atoms with E-state index in [0.717, 1.165) is 63.9 Å². The molecule has 3 aromatic rings. The van der Waals surface area contributed by atoms with Crippen molar-refractivity contribution in [3.05, 3.63) is 58.8 Å². The van der Waals surface area contributed by atoms with Gasteiger partial charge in [-0.25, -0.2) is 0 Å². The van der Waals surface area contributed by atoms with Crippen molar-refractivity contribution < 1.29 is 13.9 Å². The highest BCUT2D eigenvalue weighted by molar-refractivity contribution is 6.30. The lowest BCUT2D eigenvalue weighted by atomic mass is 9.96. The number of fused-ring (bicyclic) bond motifs is 1. The Balaban J connectivity index is 1.81. The summed E-state index contributed by atoms with van der Waals surface area (Å²) in [5.74, 6) is 0.838. The van der Waals surface area contributed by atoms with E-state index in [1.54, 1.807) is 12.3 Å². The van der Waals surface area contributed by atoms with Crippen LogP contribution in [0, 0.1) is 6.92 Å². The van der Waals surface area contributed by atoms with Gasteiger partial charge in [-0.1, -0.05) is 23.7 Å². The summed E-state index contributed by atoms with van der Waals surface area (Å²) in [5, 5.41) is 1.69. The van der Waals surface area contributed by atoms with Crippen molar-refractivity contribution in [1.82, 2.24) is 4.90 Å². The molecule has 0 bridgehead atoms. The molecule has 1 saturated heterocycles. The molecular formula is C27H30ClNO3. The molecule has 4 nitrogen and oxygen atoms in total. The summed E-state index contributed by atoms with van der Waals surface area (Å²) >= 11 is 6.08. The Kier molecular flexibility index (Phi) is 6.61. The third-order valence-electron chi connectivity index (χ3n) is 6.34. The lowest BCUT2D eigenvalue weighted by molar-refractivity contribution is -0.129. The largest absolute Gasteiger partial charge is 0.493 e. The maximum absolute atomic E-state index is 13.1. The number of carbonyl (C=O) groups excluding carboxylic acids is 1. The number of benzene rings is 2. The first-order valence-electron chi connectivity index (χ1n) is 11.3. The van der Waals surface area contributed by atoms with E-state index in [1.165, 1.54) is 6.42 Å². The van der Waals surface area contributed by atoms with E-state index in [4.69, 9.17) is 20.8 Å². The fourth-order valence-corrected chi connectivity index (χ4v) is 4.69. The first kappa shape index (κ1) is 22.5. The number of allylic oxidation sites excluding steroid dienone is 1. The topological polar surface area (TPSA) is 42.7 Å². The highest BCUT2D eigenvalue weighted by atomic mass is 35.5. The molecule has 0 spiro atoms. The molecule has 1 aromatic heterocycles. The number of rotatable bonds is 5. The molecule has 1 atom stereocenters. The summed E-state index contributed by atoms with van der Waals surface area (Å²) in [5.41, 5.74) is 5.57. The lowest BCUT2D eigenvalue weighted by Crippen LogP contribution is -2.41. The normalized spacial score (nSPS) is 17.1.